The first kappa shape index (κ1) is 12.0. The number of hydrogen-bond donors (Lipinski definition) is 1. The van der Waals surface area contributed by atoms with E-state index in [1.807, 2.05) is 0 Å². The Morgan fingerprint density at radius 1 is 1.60 bits per heavy atom. The average molecular weight is 226 g/mol. The minimum absolute atomic E-state index is 0.0836. The third kappa shape index (κ3) is 2.95. The van der Waals surface area contributed by atoms with Gasteiger partial charge in [0.2, 0.25) is 0 Å². The average Bonchev–Trinajstić information content (AvgIpc) is 2.25. The number of rotatable bonds is 4. The molecule has 1 rings (SSSR count). The van der Waals surface area contributed by atoms with E-state index in [1.54, 1.807) is 19.2 Å². The second kappa shape index (κ2) is 5.75. The number of terminal acetylenes is 1. The molecule has 0 aliphatic rings. The van der Waals surface area contributed by atoms with E-state index < -0.39 is 0 Å². The van der Waals surface area contributed by atoms with Crippen LogP contribution in [0.1, 0.15) is 24.4 Å². The van der Waals surface area contributed by atoms with Gasteiger partial charge < -0.3 is 5.32 Å². The molecule has 3 heteroatoms. The highest BCUT2D eigenvalue weighted by Crippen LogP contribution is 2.25. The summed E-state index contributed by atoms with van der Waals surface area (Å²) in [6, 6.07) is 4.91. The molecule has 0 aliphatic carbocycles. The fraction of sp³-hybridized carbons (Fsp3) is 0.333. The maximum Gasteiger partial charge on any atom is 0.146 e. The Balaban J connectivity index is 2.92. The first-order chi connectivity index (χ1) is 7.20. The molecule has 0 aliphatic heterocycles. The first-order valence-electron chi connectivity index (χ1n) is 4.75. The molecule has 0 saturated carbocycles. The molecular formula is C12H13ClFN. The molecule has 1 unspecified atom stereocenters. The molecular weight excluding hydrogens is 213 g/mol. The van der Waals surface area contributed by atoms with Gasteiger partial charge in [0.05, 0.1) is 5.02 Å². The van der Waals surface area contributed by atoms with Crippen LogP contribution in [0, 0.1) is 18.2 Å². The van der Waals surface area contributed by atoms with E-state index in [-0.39, 0.29) is 16.9 Å². The van der Waals surface area contributed by atoms with Crippen molar-refractivity contribution in [3.8, 4) is 12.3 Å². The van der Waals surface area contributed by atoms with Crippen LogP contribution in [0.3, 0.4) is 0 Å². The van der Waals surface area contributed by atoms with Crippen LogP contribution in [0.25, 0.3) is 0 Å². The fourth-order valence-corrected chi connectivity index (χ4v) is 1.65. The zero-order valence-electron chi connectivity index (χ0n) is 8.56. The van der Waals surface area contributed by atoms with Gasteiger partial charge in [-0.25, -0.2) is 4.39 Å². The van der Waals surface area contributed by atoms with Gasteiger partial charge in [-0.3, -0.25) is 0 Å². The zero-order chi connectivity index (χ0) is 11.3. The van der Waals surface area contributed by atoms with Gasteiger partial charge >= 0.3 is 0 Å². The van der Waals surface area contributed by atoms with Crippen LogP contribution in [0.5, 0.6) is 0 Å². The SMILES string of the molecule is C#CCCC(NC)c1cccc(Cl)c1F. The maximum atomic E-state index is 13.6. The molecule has 1 nitrogen and oxygen atoms in total. The summed E-state index contributed by atoms with van der Waals surface area (Å²) in [7, 11) is 1.78. The van der Waals surface area contributed by atoms with Crippen molar-refractivity contribution < 1.29 is 4.39 Å². The lowest BCUT2D eigenvalue weighted by molar-refractivity contribution is 0.514. The maximum absolute atomic E-state index is 13.6. The summed E-state index contributed by atoms with van der Waals surface area (Å²) in [4.78, 5) is 0. The molecule has 0 spiro atoms. The summed E-state index contributed by atoms with van der Waals surface area (Å²) in [5, 5.41) is 3.17. The standard InChI is InChI=1S/C12H13ClFN/c1-3-4-8-11(15-2)9-6-5-7-10(13)12(9)14/h1,5-7,11,15H,4,8H2,2H3. The van der Waals surface area contributed by atoms with Gasteiger partial charge in [0, 0.05) is 18.0 Å². The Morgan fingerprint density at radius 2 is 2.33 bits per heavy atom. The van der Waals surface area contributed by atoms with E-state index >= 15 is 0 Å². The summed E-state index contributed by atoms with van der Waals surface area (Å²) in [5.74, 6) is 2.18. The van der Waals surface area contributed by atoms with Gasteiger partial charge in [0.25, 0.3) is 0 Å². The van der Waals surface area contributed by atoms with Crippen molar-refractivity contribution >= 4 is 11.6 Å². The van der Waals surface area contributed by atoms with E-state index in [4.69, 9.17) is 18.0 Å². The number of benzene rings is 1. The van der Waals surface area contributed by atoms with Gasteiger partial charge in [0.15, 0.2) is 0 Å². The first-order valence-corrected chi connectivity index (χ1v) is 5.13. The molecule has 0 saturated heterocycles. The van der Waals surface area contributed by atoms with E-state index in [0.717, 1.165) is 0 Å². The summed E-state index contributed by atoms with van der Waals surface area (Å²) >= 11 is 5.71. The van der Waals surface area contributed by atoms with Crippen molar-refractivity contribution in [2.24, 2.45) is 0 Å². The molecule has 80 valence electrons. The van der Waals surface area contributed by atoms with Crippen LogP contribution in [0.2, 0.25) is 5.02 Å². The van der Waals surface area contributed by atoms with Crippen molar-refractivity contribution in [1.29, 1.82) is 0 Å². The molecule has 0 radical (unpaired) electrons. The van der Waals surface area contributed by atoms with Crippen molar-refractivity contribution in [1.82, 2.24) is 5.32 Å². The molecule has 0 amide bonds. The molecule has 0 heterocycles. The largest absolute Gasteiger partial charge is 0.313 e. The topological polar surface area (TPSA) is 12.0 Å². The highest BCUT2D eigenvalue weighted by Gasteiger charge is 2.14. The monoisotopic (exact) mass is 225 g/mol. The molecule has 0 bridgehead atoms. The third-order valence-corrected chi connectivity index (χ3v) is 2.57. The van der Waals surface area contributed by atoms with Crippen molar-refractivity contribution in [3.05, 3.63) is 34.6 Å². The molecule has 15 heavy (non-hydrogen) atoms. The van der Waals surface area contributed by atoms with Gasteiger partial charge in [-0.05, 0) is 19.5 Å². The molecule has 1 N–H and O–H groups in total. The lowest BCUT2D eigenvalue weighted by atomic mass is 10.0. The Labute approximate surface area is 94.6 Å². The summed E-state index contributed by atoms with van der Waals surface area (Å²) < 4.78 is 13.6. The highest BCUT2D eigenvalue weighted by molar-refractivity contribution is 6.30. The smallest absolute Gasteiger partial charge is 0.146 e. The van der Waals surface area contributed by atoms with E-state index in [2.05, 4.69) is 11.2 Å². The predicted octanol–water partition coefficient (Wildman–Crippen LogP) is 3.15. The predicted molar refractivity (Wildman–Crippen MR) is 61.3 cm³/mol. The number of nitrogens with one attached hydrogen (secondary N) is 1. The lowest BCUT2D eigenvalue weighted by Crippen LogP contribution is -2.17. The Morgan fingerprint density at radius 3 is 2.93 bits per heavy atom. The zero-order valence-corrected chi connectivity index (χ0v) is 9.31. The number of halogens is 2. The second-order valence-corrected chi connectivity index (χ2v) is 3.63. The fourth-order valence-electron chi connectivity index (χ4n) is 1.47. The molecule has 0 aromatic heterocycles. The number of hydrogen-bond acceptors (Lipinski definition) is 1. The minimum Gasteiger partial charge on any atom is -0.313 e. The molecule has 0 fully saturated rings. The summed E-state index contributed by atoms with van der Waals surface area (Å²) in [5.41, 5.74) is 0.570. The van der Waals surface area contributed by atoms with E-state index in [9.17, 15) is 4.39 Å². The van der Waals surface area contributed by atoms with Crippen molar-refractivity contribution in [2.45, 2.75) is 18.9 Å². The van der Waals surface area contributed by atoms with Crippen LogP contribution in [-0.4, -0.2) is 7.05 Å². The normalized spacial score (nSPS) is 12.1. The molecule has 1 aromatic carbocycles. The molecule has 1 aromatic rings. The Bertz CT molecular complexity index is 370. The van der Waals surface area contributed by atoms with E-state index in [0.29, 0.717) is 18.4 Å². The Kier molecular flexibility index (Phi) is 4.61. The lowest BCUT2D eigenvalue weighted by Gasteiger charge is -2.16. The van der Waals surface area contributed by atoms with Gasteiger partial charge in [-0.15, -0.1) is 12.3 Å². The van der Waals surface area contributed by atoms with Gasteiger partial charge in [-0.2, -0.15) is 0 Å². The van der Waals surface area contributed by atoms with Crippen molar-refractivity contribution in [2.75, 3.05) is 7.05 Å². The molecule has 1 atom stereocenters. The second-order valence-electron chi connectivity index (χ2n) is 3.23. The van der Waals surface area contributed by atoms with Crippen LogP contribution < -0.4 is 5.32 Å². The van der Waals surface area contributed by atoms with Crippen LogP contribution in [0.4, 0.5) is 4.39 Å². The highest BCUT2D eigenvalue weighted by atomic mass is 35.5. The third-order valence-electron chi connectivity index (χ3n) is 2.28. The van der Waals surface area contributed by atoms with Crippen LogP contribution in [-0.2, 0) is 0 Å². The van der Waals surface area contributed by atoms with Crippen LogP contribution in [0.15, 0.2) is 18.2 Å². The Hall–Kier alpha value is -1.04. The quantitative estimate of drug-likeness (QED) is 0.777. The minimum atomic E-state index is -0.365. The van der Waals surface area contributed by atoms with Crippen molar-refractivity contribution in [3.63, 3.8) is 0 Å². The van der Waals surface area contributed by atoms with Crippen LogP contribution >= 0.6 is 11.6 Å². The van der Waals surface area contributed by atoms with Gasteiger partial charge in [0.1, 0.15) is 5.82 Å². The van der Waals surface area contributed by atoms with E-state index in [1.165, 1.54) is 6.07 Å². The van der Waals surface area contributed by atoms with Gasteiger partial charge in [-0.1, -0.05) is 23.7 Å². The summed E-state index contributed by atoms with van der Waals surface area (Å²) in [6.45, 7) is 0. The summed E-state index contributed by atoms with van der Waals surface area (Å²) in [6.07, 6.45) is 6.49.